The van der Waals surface area contributed by atoms with Crippen molar-refractivity contribution in [2.24, 2.45) is 11.8 Å². The average molecular weight is 772 g/mol. The van der Waals surface area contributed by atoms with Crippen molar-refractivity contribution in [3.05, 3.63) is 54.6 Å². The highest BCUT2D eigenvalue weighted by Gasteiger charge is 2.62. The zero-order valence-corrected chi connectivity index (χ0v) is 31.9. The summed E-state index contributed by atoms with van der Waals surface area (Å²) in [6, 6.07) is 15.2. The molecule has 5 fully saturated rings. The lowest BCUT2D eigenvalue weighted by Gasteiger charge is -2.30. The Morgan fingerprint density at radius 1 is 0.964 bits per heavy atom. The van der Waals surface area contributed by atoms with Gasteiger partial charge in [-0.25, -0.2) is 13.4 Å². The number of carbonyl (C=O) groups is 4. The molecule has 292 valence electrons. The highest BCUT2D eigenvalue weighted by molar-refractivity contribution is 7.91. The Kier molecular flexibility index (Phi) is 10.2. The number of ether oxygens (including phenoxy) is 2. The van der Waals surface area contributed by atoms with Gasteiger partial charge in [0.25, 0.3) is 5.91 Å². The third-order valence-corrected chi connectivity index (χ3v) is 13.7. The quantitative estimate of drug-likeness (QED) is 0.271. The van der Waals surface area contributed by atoms with E-state index in [4.69, 9.17) is 14.5 Å². The molecule has 0 spiro atoms. The molecular weight excluding hydrogens is 723 g/mol. The number of amides is 4. The molecule has 3 heterocycles. The van der Waals surface area contributed by atoms with E-state index < -0.39 is 50.8 Å². The minimum Gasteiger partial charge on any atom is -0.497 e. The molecule has 3 saturated carbocycles. The van der Waals surface area contributed by atoms with Gasteiger partial charge in [0.05, 0.1) is 30.1 Å². The number of methoxy groups -OCH3 is 1. The van der Waals surface area contributed by atoms with Gasteiger partial charge >= 0.3 is 0 Å². The lowest BCUT2D eigenvalue weighted by atomic mass is 10.0. The van der Waals surface area contributed by atoms with Gasteiger partial charge in [-0.2, -0.15) is 0 Å². The first-order valence-electron chi connectivity index (χ1n) is 19.7. The Morgan fingerprint density at radius 2 is 1.73 bits per heavy atom. The van der Waals surface area contributed by atoms with Crippen molar-refractivity contribution < 1.29 is 37.1 Å². The molecule has 8 rings (SSSR count). The van der Waals surface area contributed by atoms with Crippen molar-refractivity contribution in [3.8, 4) is 22.8 Å². The molecule has 3 aromatic rings. The summed E-state index contributed by atoms with van der Waals surface area (Å²) < 4.78 is 40.2. The van der Waals surface area contributed by atoms with E-state index >= 15 is 0 Å². The van der Waals surface area contributed by atoms with E-state index in [1.807, 2.05) is 54.6 Å². The van der Waals surface area contributed by atoms with E-state index in [2.05, 4.69) is 15.4 Å². The zero-order valence-electron chi connectivity index (χ0n) is 31.1. The van der Waals surface area contributed by atoms with Crippen LogP contribution in [0.25, 0.3) is 22.2 Å². The van der Waals surface area contributed by atoms with Crippen molar-refractivity contribution >= 4 is 44.6 Å². The summed E-state index contributed by atoms with van der Waals surface area (Å²) in [5.74, 6) is -0.540. The fourth-order valence-corrected chi connectivity index (χ4v) is 9.61. The molecule has 2 saturated heterocycles. The predicted molar refractivity (Wildman–Crippen MR) is 204 cm³/mol. The predicted octanol–water partition coefficient (Wildman–Crippen LogP) is 4.38. The van der Waals surface area contributed by atoms with Crippen LogP contribution in [0.1, 0.15) is 83.5 Å². The molecular formula is C41H49N5O8S. The highest BCUT2D eigenvalue weighted by Crippen LogP contribution is 2.48. The van der Waals surface area contributed by atoms with E-state index in [0.29, 0.717) is 73.6 Å². The van der Waals surface area contributed by atoms with Gasteiger partial charge in [-0.1, -0.05) is 56.0 Å². The number of nitrogens with one attached hydrogen (secondary N) is 3. The normalized spacial score (nSPS) is 27.3. The number of sulfonamides is 1. The van der Waals surface area contributed by atoms with Crippen LogP contribution >= 0.6 is 0 Å². The zero-order chi connectivity index (χ0) is 38.3. The summed E-state index contributed by atoms with van der Waals surface area (Å²) in [4.78, 5) is 62.3. The van der Waals surface area contributed by atoms with Crippen LogP contribution in [0.5, 0.6) is 11.5 Å². The lowest BCUT2D eigenvalue weighted by Crippen LogP contribution is -2.58. The van der Waals surface area contributed by atoms with Crippen LogP contribution in [0, 0.1) is 11.8 Å². The summed E-state index contributed by atoms with van der Waals surface area (Å²) in [6.07, 6.45) is 7.43. The second kappa shape index (κ2) is 15.1. The second-order valence-electron chi connectivity index (χ2n) is 16.0. The molecule has 3 N–H and O–H groups in total. The third-order valence-electron chi connectivity index (χ3n) is 11.8. The summed E-state index contributed by atoms with van der Waals surface area (Å²) in [5.41, 5.74) is 0.814. The number of fused-ring (bicyclic) bond motifs is 3. The first-order chi connectivity index (χ1) is 26.5. The van der Waals surface area contributed by atoms with E-state index in [9.17, 15) is 27.6 Å². The lowest BCUT2D eigenvalue weighted by molar-refractivity contribution is -0.142. The molecule has 1 unspecified atom stereocenters. The molecule has 2 aliphatic heterocycles. The average Bonchev–Trinajstić information content (AvgIpc) is 4.09. The van der Waals surface area contributed by atoms with Crippen molar-refractivity contribution in [2.75, 3.05) is 13.7 Å². The number of rotatable bonds is 10. The standard InChI is InChI=1S/C41H49N5O8S/c1-53-28-15-18-31-34(20-28)42-33(26-9-5-4-6-10-26)22-36(31)54-29-21-35-38(48)44-41(40(50)45-55(51,52)30-16-17-30)23-27(41)11-7-2-3-8-12-32(39(49)46(35)24-29)43-37(47)19-25-13-14-25/h4-6,9-10,15,18,20,22,25,27,29-30,32,35H,2-3,7-8,11-14,16-17,19,21,23-24H2,1H3,(H,43,47)(H,44,48)(H,45,50)/t27-,29-,32?,35+,41-/m1/s1. The molecule has 55 heavy (non-hydrogen) atoms. The number of carbonyl (C=O) groups excluding carboxylic acids is 4. The van der Waals surface area contributed by atoms with Crippen molar-refractivity contribution in [1.82, 2.24) is 25.2 Å². The SMILES string of the molecule is COc1ccc2c(O[C@@H]3C[C@H]4C(=O)N[C@]5(C(=O)NS(=O)(=O)C6CC6)C[C@H]5CCCCCCC(NC(=O)CC5CC5)C(=O)N4C3)cc(-c3ccccc3)nc2c1. The van der Waals surface area contributed by atoms with Gasteiger partial charge in [-0.15, -0.1) is 0 Å². The smallest absolute Gasteiger partial charge is 0.259 e. The molecule has 4 amide bonds. The fraction of sp³-hybridized carbons (Fsp3) is 0.537. The van der Waals surface area contributed by atoms with Gasteiger partial charge in [0, 0.05) is 35.9 Å². The second-order valence-corrected chi connectivity index (χ2v) is 18.0. The van der Waals surface area contributed by atoms with Crippen LogP contribution in [0.4, 0.5) is 0 Å². The first-order valence-corrected chi connectivity index (χ1v) is 21.3. The van der Waals surface area contributed by atoms with Crippen LogP contribution in [0.15, 0.2) is 54.6 Å². The van der Waals surface area contributed by atoms with E-state index in [1.165, 1.54) is 4.90 Å². The maximum absolute atomic E-state index is 14.6. The van der Waals surface area contributed by atoms with Crippen LogP contribution in [-0.2, 0) is 29.2 Å². The maximum Gasteiger partial charge on any atom is 0.259 e. The molecule has 5 atom stereocenters. The largest absolute Gasteiger partial charge is 0.497 e. The van der Waals surface area contributed by atoms with E-state index in [-0.39, 0.29) is 30.7 Å². The minimum atomic E-state index is -3.85. The summed E-state index contributed by atoms with van der Waals surface area (Å²) in [5, 5.41) is 6.10. The topological polar surface area (TPSA) is 173 Å². The molecule has 5 aliphatic rings. The van der Waals surface area contributed by atoms with Crippen LogP contribution < -0.4 is 24.8 Å². The third kappa shape index (κ3) is 8.15. The molecule has 2 aromatic carbocycles. The number of nitrogens with zero attached hydrogens (tertiary/aromatic N) is 2. The van der Waals surface area contributed by atoms with E-state index in [0.717, 1.165) is 43.1 Å². The van der Waals surface area contributed by atoms with Crippen LogP contribution in [-0.4, -0.2) is 84.6 Å². The number of aromatic nitrogens is 1. The molecule has 0 bridgehead atoms. The van der Waals surface area contributed by atoms with Gasteiger partial charge in [0.1, 0.15) is 35.2 Å². The molecule has 3 aliphatic carbocycles. The van der Waals surface area contributed by atoms with Crippen molar-refractivity contribution in [2.45, 2.75) is 112 Å². The van der Waals surface area contributed by atoms with Gasteiger partial charge in [0.2, 0.25) is 27.7 Å². The van der Waals surface area contributed by atoms with E-state index in [1.54, 1.807) is 7.11 Å². The Labute approximate surface area is 321 Å². The molecule has 0 radical (unpaired) electrons. The Balaban J connectivity index is 1.11. The summed E-state index contributed by atoms with van der Waals surface area (Å²) in [6.45, 7) is 0.0608. The minimum absolute atomic E-state index is 0.0608. The van der Waals surface area contributed by atoms with Crippen LogP contribution in [0.2, 0.25) is 0 Å². The van der Waals surface area contributed by atoms with Crippen LogP contribution in [0.3, 0.4) is 0 Å². The monoisotopic (exact) mass is 771 g/mol. The van der Waals surface area contributed by atoms with Crippen molar-refractivity contribution in [3.63, 3.8) is 0 Å². The number of pyridine rings is 1. The van der Waals surface area contributed by atoms with Gasteiger partial charge in [-0.3, -0.25) is 23.9 Å². The highest BCUT2D eigenvalue weighted by atomic mass is 32.2. The first kappa shape index (κ1) is 37.2. The number of benzene rings is 2. The molecule has 13 nitrogen and oxygen atoms in total. The van der Waals surface area contributed by atoms with Gasteiger partial charge < -0.3 is 25.0 Å². The Bertz CT molecular complexity index is 2090. The summed E-state index contributed by atoms with van der Waals surface area (Å²) in [7, 11) is -2.27. The number of hydrogen-bond donors (Lipinski definition) is 3. The van der Waals surface area contributed by atoms with Gasteiger partial charge in [0.15, 0.2) is 0 Å². The van der Waals surface area contributed by atoms with Gasteiger partial charge in [-0.05, 0) is 68.9 Å². The number of hydrogen-bond acceptors (Lipinski definition) is 9. The Morgan fingerprint density at radius 3 is 2.45 bits per heavy atom. The Hall–Kier alpha value is -4.72. The fourth-order valence-electron chi connectivity index (χ4n) is 8.25. The van der Waals surface area contributed by atoms with Crippen molar-refractivity contribution in [1.29, 1.82) is 0 Å². The maximum atomic E-state index is 14.6. The molecule has 1 aromatic heterocycles. The molecule has 14 heteroatoms. The summed E-state index contributed by atoms with van der Waals surface area (Å²) >= 11 is 0.